The molecule has 0 heterocycles. The highest BCUT2D eigenvalue weighted by Gasteiger charge is 2.12. The van der Waals surface area contributed by atoms with E-state index in [2.05, 4.69) is 5.32 Å². The van der Waals surface area contributed by atoms with Crippen molar-refractivity contribution in [3.63, 3.8) is 0 Å². The zero-order valence-electron chi connectivity index (χ0n) is 12.5. The monoisotopic (exact) mass is 311 g/mol. The molecule has 0 aliphatic carbocycles. The molecule has 0 radical (unpaired) electrons. The summed E-state index contributed by atoms with van der Waals surface area (Å²) in [6.07, 6.45) is 2.47. The van der Waals surface area contributed by atoms with Crippen LogP contribution in [0.3, 0.4) is 0 Å². The molecule has 21 heavy (non-hydrogen) atoms. The van der Waals surface area contributed by atoms with Crippen LogP contribution < -0.4 is 10.1 Å². The first-order valence-corrected chi connectivity index (χ1v) is 7.98. The van der Waals surface area contributed by atoms with Crippen LogP contribution in [-0.4, -0.2) is 35.1 Å². The molecule has 2 N–H and O–H groups in total. The molecule has 2 atom stereocenters. The summed E-state index contributed by atoms with van der Waals surface area (Å²) in [5.74, 6) is -0.492. The lowest BCUT2D eigenvalue weighted by atomic mass is 10.1. The van der Waals surface area contributed by atoms with Crippen LogP contribution in [0, 0.1) is 0 Å². The highest BCUT2D eigenvalue weighted by atomic mass is 32.2. The molecule has 0 spiro atoms. The molecule has 0 fully saturated rings. The van der Waals surface area contributed by atoms with Crippen LogP contribution in [0.1, 0.15) is 31.9 Å². The van der Waals surface area contributed by atoms with Crippen LogP contribution >= 0.6 is 11.8 Å². The largest absolute Gasteiger partial charge is 0.482 e. The van der Waals surface area contributed by atoms with Crippen molar-refractivity contribution in [1.82, 2.24) is 5.32 Å². The van der Waals surface area contributed by atoms with Crippen LogP contribution in [0.5, 0.6) is 5.75 Å². The van der Waals surface area contributed by atoms with E-state index in [1.807, 2.05) is 32.2 Å². The topological polar surface area (TPSA) is 75.6 Å². The first-order chi connectivity index (χ1) is 9.92. The predicted molar refractivity (Wildman–Crippen MR) is 83.7 cm³/mol. The maximum atomic E-state index is 11.8. The van der Waals surface area contributed by atoms with Gasteiger partial charge < -0.3 is 15.2 Å². The molecule has 0 saturated heterocycles. The highest BCUT2D eigenvalue weighted by Crippen LogP contribution is 2.18. The van der Waals surface area contributed by atoms with Crippen LogP contribution in [0.25, 0.3) is 0 Å². The summed E-state index contributed by atoms with van der Waals surface area (Å²) in [5.41, 5.74) is 0.947. The summed E-state index contributed by atoms with van der Waals surface area (Å²) in [6.45, 7) is 3.57. The Morgan fingerprint density at radius 2 is 1.90 bits per heavy atom. The van der Waals surface area contributed by atoms with Crippen molar-refractivity contribution in [2.24, 2.45) is 0 Å². The van der Waals surface area contributed by atoms with Gasteiger partial charge in [-0.3, -0.25) is 4.79 Å². The van der Waals surface area contributed by atoms with E-state index < -0.39 is 5.97 Å². The molecule has 1 amide bonds. The molecule has 0 aliphatic rings. The molecule has 1 aromatic carbocycles. The summed E-state index contributed by atoms with van der Waals surface area (Å²) < 4.78 is 5.06. The maximum Gasteiger partial charge on any atom is 0.341 e. The van der Waals surface area contributed by atoms with Gasteiger partial charge in [-0.05, 0) is 30.9 Å². The molecular formula is C15H21NO4S. The molecule has 0 saturated carbocycles. The average molecular weight is 311 g/mol. The summed E-state index contributed by atoms with van der Waals surface area (Å²) in [4.78, 5) is 22.2. The summed E-state index contributed by atoms with van der Waals surface area (Å²) in [6, 6.07) is 6.94. The Morgan fingerprint density at radius 1 is 1.29 bits per heavy atom. The Hall–Kier alpha value is -1.69. The van der Waals surface area contributed by atoms with E-state index in [9.17, 15) is 9.59 Å². The number of aliphatic carboxylic acids is 1. The van der Waals surface area contributed by atoms with Gasteiger partial charge in [-0.25, -0.2) is 4.79 Å². The minimum Gasteiger partial charge on any atom is -0.482 e. The molecular weight excluding hydrogens is 290 g/mol. The van der Waals surface area contributed by atoms with Crippen molar-refractivity contribution in [3.8, 4) is 5.75 Å². The molecule has 0 aromatic heterocycles. The van der Waals surface area contributed by atoms with E-state index in [-0.39, 0.29) is 18.6 Å². The van der Waals surface area contributed by atoms with Crippen LogP contribution in [0.2, 0.25) is 0 Å². The van der Waals surface area contributed by atoms with Gasteiger partial charge in [0.15, 0.2) is 6.61 Å². The van der Waals surface area contributed by atoms with Crippen LogP contribution in [0.15, 0.2) is 24.3 Å². The minimum absolute atomic E-state index is 0.0237. The fourth-order valence-corrected chi connectivity index (χ4v) is 2.04. The first kappa shape index (κ1) is 17.4. The van der Waals surface area contributed by atoms with Crippen molar-refractivity contribution in [3.05, 3.63) is 29.8 Å². The number of hydrogen-bond acceptors (Lipinski definition) is 4. The second-order valence-corrected chi connectivity index (χ2v) is 6.07. The number of carboxylic acids is 1. The van der Waals surface area contributed by atoms with Crippen LogP contribution in [-0.2, 0) is 9.59 Å². The number of amides is 1. The first-order valence-electron chi connectivity index (χ1n) is 6.69. The van der Waals surface area contributed by atoms with E-state index in [1.165, 1.54) is 0 Å². The van der Waals surface area contributed by atoms with E-state index >= 15 is 0 Å². The van der Waals surface area contributed by atoms with Gasteiger partial charge in [-0.2, -0.15) is 11.8 Å². The zero-order chi connectivity index (χ0) is 15.8. The number of benzene rings is 1. The molecule has 0 aliphatic heterocycles. The van der Waals surface area contributed by atoms with Crippen molar-refractivity contribution in [2.45, 2.75) is 31.6 Å². The van der Waals surface area contributed by atoms with Crippen molar-refractivity contribution in [1.29, 1.82) is 0 Å². The Balaban J connectivity index is 2.52. The van der Waals surface area contributed by atoms with Crippen LogP contribution in [0.4, 0.5) is 0 Å². The third-order valence-electron chi connectivity index (χ3n) is 3.00. The van der Waals surface area contributed by atoms with E-state index in [1.54, 1.807) is 23.9 Å². The summed E-state index contributed by atoms with van der Waals surface area (Å²) >= 11 is 1.66. The van der Waals surface area contributed by atoms with Crippen molar-refractivity contribution < 1.29 is 19.4 Å². The van der Waals surface area contributed by atoms with Crippen molar-refractivity contribution >= 4 is 23.6 Å². The van der Waals surface area contributed by atoms with Gasteiger partial charge in [0.1, 0.15) is 5.75 Å². The lowest BCUT2D eigenvalue weighted by molar-refractivity contribution is -0.139. The Labute approximate surface area is 129 Å². The maximum absolute atomic E-state index is 11.8. The fourth-order valence-electron chi connectivity index (χ4n) is 1.73. The number of rotatable bonds is 8. The van der Waals surface area contributed by atoms with Crippen molar-refractivity contribution in [2.75, 3.05) is 12.9 Å². The number of carbonyl (C=O) groups excluding carboxylic acids is 1. The number of hydrogen-bond donors (Lipinski definition) is 2. The molecule has 0 bridgehead atoms. The van der Waals surface area contributed by atoms with Gasteiger partial charge in [0.25, 0.3) is 0 Å². The number of thioether (sulfide) groups is 1. The van der Waals surface area contributed by atoms with E-state index in [0.717, 1.165) is 5.56 Å². The smallest absolute Gasteiger partial charge is 0.341 e. The standard InChI is InChI=1S/C15H21NO4S/c1-10(21-3)8-14(17)16-11(2)12-4-6-13(7-5-12)20-9-15(18)19/h4-7,10-11H,8-9H2,1-3H3,(H,16,17)(H,18,19). The summed E-state index contributed by atoms with van der Waals surface area (Å²) in [7, 11) is 0. The number of carboxylic acid groups (broad SMARTS) is 1. The molecule has 116 valence electrons. The highest BCUT2D eigenvalue weighted by molar-refractivity contribution is 7.99. The second-order valence-electron chi connectivity index (χ2n) is 4.79. The zero-order valence-corrected chi connectivity index (χ0v) is 13.3. The van der Waals surface area contributed by atoms with Gasteiger partial charge in [-0.15, -0.1) is 0 Å². The lowest BCUT2D eigenvalue weighted by Crippen LogP contribution is -2.28. The van der Waals surface area contributed by atoms with Gasteiger partial charge >= 0.3 is 5.97 Å². The number of carbonyl (C=O) groups is 2. The third kappa shape index (κ3) is 6.53. The second kappa shape index (κ2) is 8.56. The van der Waals surface area contributed by atoms with Gasteiger partial charge in [-0.1, -0.05) is 19.1 Å². The Morgan fingerprint density at radius 3 is 2.43 bits per heavy atom. The number of ether oxygens (including phenoxy) is 1. The minimum atomic E-state index is -1.01. The SMILES string of the molecule is CSC(C)CC(=O)NC(C)c1ccc(OCC(=O)O)cc1. The molecule has 2 unspecified atom stereocenters. The van der Waals surface area contributed by atoms with Gasteiger partial charge in [0.2, 0.25) is 5.91 Å². The van der Waals surface area contributed by atoms with Gasteiger partial charge in [0.05, 0.1) is 6.04 Å². The molecule has 6 heteroatoms. The third-order valence-corrected chi connectivity index (χ3v) is 3.97. The fraction of sp³-hybridized carbons (Fsp3) is 0.467. The lowest BCUT2D eigenvalue weighted by Gasteiger charge is -2.16. The Kier molecular flexibility index (Phi) is 7.08. The van der Waals surface area contributed by atoms with E-state index in [0.29, 0.717) is 17.4 Å². The summed E-state index contributed by atoms with van der Waals surface area (Å²) in [5, 5.41) is 11.8. The number of nitrogens with one attached hydrogen (secondary N) is 1. The quantitative estimate of drug-likeness (QED) is 0.771. The predicted octanol–water partition coefficient (Wildman–Crippen LogP) is 2.47. The average Bonchev–Trinajstić information content (AvgIpc) is 2.45. The molecule has 5 nitrogen and oxygen atoms in total. The Bertz CT molecular complexity index is 475. The normalized spacial score (nSPS) is 13.3. The van der Waals surface area contributed by atoms with Gasteiger partial charge in [0, 0.05) is 11.7 Å². The van der Waals surface area contributed by atoms with E-state index in [4.69, 9.17) is 9.84 Å². The molecule has 1 rings (SSSR count). The molecule has 1 aromatic rings.